The minimum absolute atomic E-state index is 0.307. The van der Waals surface area contributed by atoms with Crippen molar-refractivity contribution in [2.45, 2.75) is 13.8 Å². The third kappa shape index (κ3) is 3.59. The Balaban J connectivity index is 2.37. The molecule has 0 spiro atoms. The molecular weight excluding hydrogens is 334 g/mol. The molecule has 0 atom stereocenters. The smallest absolute Gasteiger partial charge is 0.243 e. The van der Waals surface area contributed by atoms with E-state index in [2.05, 4.69) is 41.6 Å². The minimum atomic E-state index is 0.307. The van der Waals surface area contributed by atoms with Crippen LogP contribution in [0.2, 0.25) is 0 Å². The minimum Gasteiger partial charge on any atom is -0.347 e. The Morgan fingerprint density at radius 3 is 2.14 bits per heavy atom. The SMILES string of the molecule is Cc1cc(Nc2nc(NN)nc(N(C)C)n2)cc(C)c1Br. The summed E-state index contributed by atoms with van der Waals surface area (Å²) >= 11 is 3.55. The number of nitrogens with one attached hydrogen (secondary N) is 2. The Morgan fingerprint density at radius 1 is 1.05 bits per heavy atom. The Labute approximate surface area is 132 Å². The number of halogens is 1. The first-order valence-corrected chi connectivity index (χ1v) is 7.14. The van der Waals surface area contributed by atoms with Crippen molar-refractivity contribution < 1.29 is 0 Å². The van der Waals surface area contributed by atoms with Crippen molar-refractivity contribution in [1.82, 2.24) is 15.0 Å². The molecule has 4 N–H and O–H groups in total. The van der Waals surface area contributed by atoms with E-state index in [1.165, 1.54) is 0 Å². The quantitative estimate of drug-likeness (QED) is 0.575. The van der Waals surface area contributed by atoms with Gasteiger partial charge in [-0.2, -0.15) is 15.0 Å². The Bertz CT molecular complexity index is 634. The van der Waals surface area contributed by atoms with Gasteiger partial charge in [0.1, 0.15) is 0 Å². The van der Waals surface area contributed by atoms with Crippen LogP contribution >= 0.6 is 15.9 Å². The number of hydrogen-bond donors (Lipinski definition) is 3. The molecule has 0 saturated heterocycles. The summed E-state index contributed by atoms with van der Waals surface area (Å²) in [7, 11) is 3.71. The largest absolute Gasteiger partial charge is 0.347 e. The first-order valence-electron chi connectivity index (χ1n) is 6.34. The molecule has 0 bridgehead atoms. The molecule has 0 radical (unpaired) electrons. The van der Waals surface area contributed by atoms with Crippen LogP contribution in [0.5, 0.6) is 0 Å². The summed E-state index contributed by atoms with van der Waals surface area (Å²) in [6.07, 6.45) is 0. The van der Waals surface area contributed by atoms with Gasteiger partial charge in [0.15, 0.2) is 0 Å². The standard InChI is InChI=1S/C13H18BrN7/c1-7-5-9(6-8(2)10(7)14)16-11-17-12(20-15)19-13(18-11)21(3)4/h5-6H,15H2,1-4H3,(H2,16,17,18,19,20). The summed E-state index contributed by atoms with van der Waals surface area (Å²) in [5.74, 6) is 6.65. The van der Waals surface area contributed by atoms with Gasteiger partial charge in [0.25, 0.3) is 0 Å². The maximum absolute atomic E-state index is 5.39. The average Bonchev–Trinajstić information content (AvgIpc) is 2.44. The number of hydrogen-bond acceptors (Lipinski definition) is 7. The normalized spacial score (nSPS) is 10.4. The molecule has 0 fully saturated rings. The van der Waals surface area contributed by atoms with Gasteiger partial charge in [-0.15, -0.1) is 0 Å². The van der Waals surface area contributed by atoms with Crippen LogP contribution in [-0.2, 0) is 0 Å². The van der Waals surface area contributed by atoms with E-state index in [1.807, 2.05) is 40.1 Å². The Hall–Kier alpha value is -1.93. The summed E-state index contributed by atoms with van der Waals surface area (Å²) in [5, 5.41) is 3.18. The first kappa shape index (κ1) is 15.5. The molecule has 8 heteroatoms. The highest BCUT2D eigenvalue weighted by Gasteiger charge is 2.09. The zero-order valence-corrected chi connectivity index (χ0v) is 14.0. The van der Waals surface area contributed by atoms with E-state index in [1.54, 1.807) is 4.90 Å². The van der Waals surface area contributed by atoms with E-state index < -0.39 is 0 Å². The van der Waals surface area contributed by atoms with E-state index in [0.717, 1.165) is 21.3 Å². The van der Waals surface area contributed by atoms with E-state index in [0.29, 0.717) is 17.8 Å². The molecular formula is C13H18BrN7. The molecule has 7 nitrogen and oxygen atoms in total. The van der Waals surface area contributed by atoms with Crippen molar-refractivity contribution in [2.24, 2.45) is 5.84 Å². The van der Waals surface area contributed by atoms with Gasteiger partial charge in [0.2, 0.25) is 17.8 Å². The lowest BCUT2D eigenvalue weighted by molar-refractivity contribution is 0.957. The maximum Gasteiger partial charge on any atom is 0.243 e. The summed E-state index contributed by atoms with van der Waals surface area (Å²) < 4.78 is 1.10. The van der Waals surface area contributed by atoms with Crippen LogP contribution in [0.1, 0.15) is 11.1 Å². The van der Waals surface area contributed by atoms with Crippen LogP contribution in [0.4, 0.5) is 23.5 Å². The zero-order chi connectivity index (χ0) is 15.6. The number of aryl methyl sites for hydroxylation is 2. The van der Waals surface area contributed by atoms with Gasteiger partial charge in [-0.3, -0.25) is 5.43 Å². The summed E-state index contributed by atoms with van der Waals surface area (Å²) in [6.45, 7) is 4.07. The molecule has 112 valence electrons. The van der Waals surface area contributed by atoms with Gasteiger partial charge in [0.05, 0.1) is 0 Å². The number of nitrogens with two attached hydrogens (primary N) is 1. The fraction of sp³-hybridized carbons (Fsp3) is 0.308. The number of rotatable bonds is 4. The van der Waals surface area contributed by atoms with Gasteiger partial charge < -0.3 is 10.2 Å². The highest BCUT2D eigenvalue weighted by atomic mass is 79.9. The maximum atomic E-state index is 5.39. The van der Waals surface area contributed by atoms with Crippen LogP contribution < -0.4 is 21.5 Å². The molecule has 0 unspecified atom stereocenters. The van der Waals surface area contributed by atoms with Gasteiger partial charge in [0, 0.05) is 24.3 Å². The highest BCUT2D eigenvalue weighted by molar-refractivity contribution is 9.10. The molecule has 0 aliphatic heterocycles. The Morgan fingerprint density at radius 2 is 1.62 bits per heavy atom. The number of nitrogens with zero attached hydrogens (tertiary/aromatic N) is 4. The lowest BCUT2D eigenvalue weighted by Crippen LogP contribution is -2.18. The van der Waals surface area contributed by atoms with Crippen LogP contribution in [0.3, 0.4) is 0 Å². The van der Waals surface area contributed by atoms with Crippen molar-refractivity contribution in [3.8, 4) is 0 Å². The lowest BCUT2D eigenvalue weighted by Gasteiger charge is -2.14. The number of anilines is 4. The molecule has 0 aliphatic rings. The van der Waals surface area contributed by atoms with Gasteiger partial charge in [-0.1, -0.05) is 15.9 Å². The second-order valence-corrected chi connectivity index (χ2v) is 5.66. The van der Waals surface area contributed by atoms with Crippen LogP contribution in [0.25, 0.3) is 0 Å². The third-order valence-electron chi connectivity index (χ3n) is 2.85. The van der Waals surface area contributed by atoms with E-state index in [4.69, 9.17) is 5.84 Å². The molecule has 0 amide bonds. The number of hydrazine groups is 1. The van der Waals surface area contributed by atoms with Gasteiger partial charge in [-0.25, -0.2) is 5.84 Å². The lowest BCUT2D eigenvalue weighted by atomic mass is 10.1. The number of aromatic nitrogens is 3. The summed E-state index contributed by atoms with van der Waals surface area (Å²) in [4.78, 5) is 14.5. The van der Waals surface area contributed by atoms with Crippen LogP contribution in [0, 0.1) is 13.8 Å². The van der Waals surface area contributed by atoms with E-state index in [-0.39, 0.29) is 0 Å². The zero-order valence-electron chi connectivity index (χ0n) is 12.4. The molecule has 2 aromatic rings. The number of benzene rings is 1. The highest BCUT2D eigenvalue weighted by Crippen LogP contribution is 2.26. The second kappa shape index (κ2) is 6.23. The van der Waals surface area contributed by atoms with Crippen molar-refractivity contribution >= 4 is 39.5 Å². The average molecular weight is 352 g/mol. The number of nitrogen functional groups attached to an aromatic ring is 1. The molecule has 1 heterocycles. The predicted molar refractivity (Wildman–Crippen MR) is 88.9 cm³/mol. The monoisotopic (exact) mass is 351 g/mol. The van der Waals surface area contributed by atoms with Crippen LogP contribution in [-0.4, -0.2) is 29.0 Å². The molecule has 1 aromatic heterocycles. The fourth-order valence-electron chi connectivity index (χ4n) is 1.83. The summed E-state index contributed by atoms with van der Waals surface area (Å²) in [6, 6.07) is 4.04. The fourth-order valence-corrected chi connectivity index (χ4v) is 2.06. The van der Waals surface area contributed by atoms with Crippen molar-refractivity contribution in [1.29, 1.82) is 0 Å². The van der Waals surface area contributed by atoms with E-state index >= 15 is 0 Å². The molecule has 2 rings (SSSR count). The molecule has 0 saturated carbocycles. The first-order chi connectivity index (χ1) is 9.90. The summed E-state index contributed by atoms with van der Waals surface area (Å²) in [5.41, 5.74) is 5.62. The topological polar surface area (TPSA) is 92.0 Å². The van der Waals surface area contributed by atoms with Crippen molar-refractivity contribution in [2.75, 3.05) is 29.7 Å². The van der Waals surface area contributed by atoms with Crippen LogP contribution in [0.15, 0.2) is 16.6 Å². The third-order valence-corrected chi connectivity index (χ3v) is 4.10. The molecule has 21 heavy (non-hydrogen) atoms. The molecule has 0 aliphatic carbocycles. The van der Waals surface area contributed by atoms with Crippen molar-refractivity contribution in [3.05, 3.63) is 27.7 Å². The predicted octanol–water partition coefficient (Wildman–Crippen LogP) is 2.35. The van der Waals surface area contributed by atoms with Gasteiger partial charge in [-0.05, 0) is 37.1 Å². The van der Waals surface area contributed by atoms with Crippen molar-refractivity contribution in [3.63, 3.8) is 0 Å². The molecule has 1 aromatic carbocycles. The second-order valence-electron chi connectivity index (χ2n) is 4.87. The van der Waals surface area contributed by atoms with E-state index in [9.17, 15) is 0 Å². The Kier molecular flexibility index (Phi) is 4.59. The van der Waals surface area contributed by atoms with Gasteiger partial charge >= 0.3 is 0 Å².